The zero-order valence-electron chi connectivity index (χ0n) is 11.5. The van der Waals surface area contributed by atoms with E-state index in [-0.39, 0.29) is 0 Å². The van der Waals surface area contributed by atoms with Crippen molar-refractivity contribution in [2.24, 2.45) is 0 Å². The minimum atomic E-state index is 0.744. The first-order valence-electron chi connectivity index (χ1n) is 6.49. The van der Waals surface area contributed by atoms with Gasteiger partial charge in [0.1, 0.15) is 5.82 Å². The molecule has 2 aromatic heterocycles. The Morgan fingerprint density at radius 3 is 2.81 bits per heavy atom. The molecule has 0 bridgehead atoms. The Morgan fingerprint density at radius 1 is 1.19 bits per heavy atom. The number of H-pyrrole nitrogens is 1. The van der Waals surface area contributed by atoms with E-state index in [0.717, 1.165) is 33.0 Å². The van der Waals surface area contributed by atoms with Crippen molar-refractivity contribution >= 4 is 35.3 Å². The molecule has 3 aromatic rings. The van der Waals surface area contributed by atoms with Gasteiger partial charge < -0.3 is 0 Å². The van der Waals surface area contributed by atoms with E-state index in [1.165, 1.54) is 0 Å². The van der Waals surface area contributed by atoms with Gasteiger partial charge in [0.25, 0.3) is 0 Å². The van der Waals surface area contributed by atoms with Gasteiger partial charge in [0, 0.05) is 11.1 Å². The van der Waals surface area contributed by atoms with Crippen molar-refractivity contribution in [3.05, 3.63) is 57.8 Å². The Balaban J connectivity index is 1.60. The van der Waals surface area contributed by atoms with E-state index >= 15 is 0 Å². The summed E-state index contributed by atoms with van der Waals surface area (Å²) in [6, 6.07) is 10.1. The molecule has 0 aliphatic carbocycles. The van der Waals surface area contributed by atoms with E-state index in [9.17, 15) is 0 Å². The van der Waals surface area contributed by atoms with Gasteiger partial charge in [-0.2, -0.15) is 0 Å². The van der Waals surface area contributed by atoms with Gasteiger partial charge in [-0.05, 0) is 18.6 Å². The highest BCUT2D eigenvalue weighted by Crippen LogP contribution is 2.20. The molecule has 1 aromatic carbocycles. The molecule has 0 radical (unpaired) electrons. The van der Waals surface area contributed by atoms with Gasteiger partial charge in [-0.1, -0.05) is 48.2 Å². The van der Waals surface area contributed by atoms with Gasteiger partial charge in [0.2, 0.25) is 5.16 Å². The summed E-state index contributed by atoms with van der Waals surface area (Å²) in [7, 11) is 0. The molecule has 1 N–H and O–H groups in total. The third-order valence-corrected chi connectivity index (χ3v) is 4.43. The Kier molecular flexibility index (Phi) is 4.47. The van der Waals surface area contributed by atoms with Crippen molar-refractivity contribution in [1.29, 1.82) is 0 Å². The summed E-state index contributed by atoms with van der Waals surface area (Å²) in [4.78, 5) is 8.86. The second kappa shape index (κ2) is 6.69. The van der Waals surface area contributed by atoms with Gasteiger partial charge in [0.15, 0.2) is 0 Å². The number of aryl methyl sites for hydroxylation is 1. The summed E-state index contributed by atoms with van der Waals surface area (Å²) in [5.74, 6) is 1.56. The molecule has 6 heteroatoms. The molecular weight excluding hydrogens is 300 g/mol. The second-order valence-electron chi connectivity index (χ2n) is 4.39. The van der Waals surface area contributed by atoms with Crippen molar-refractivity contribution in [1.82, 2.24) is 20.2 Å². The summed E-state index contributed by atoms with van der Waals surface area (Å²) in [6.07, 6.45) is 3.94. The first kappa shape index (κ1) is 14.0. The lowest BCUT2D eigenvalue weighted by Gasteiger charge is -1.91. The summed E-state index contributed by atoms with van der Waals surface area (Å²) >= 11 is 3.25. The standard InChI is InChI=1S/C15H14N4S2/c1-11-16-13(9-20-11)10-21-15-17-14(18-19-15)8-7-12-5-3-2-4-6-12/h2-9H,10H2,1H3,(H,17,18,19)/b8-7+. The Bertz CT molecular complexity index is 731. The average molecular weight is 314 g/mol. The molecule has 0 atom stereocenters. The second-order valence-corrected chi connectivity index (χ2v) is 6.40. The molecule has 0 saturated carbocycles. The fourth-order valence-electron chi connectivity index (χ4n) is 1.75. The number of aromatic amines is 1. The number of thioether (sulfide) groups is 1. The molecule has 0 spiro atoms. The number of rotatable bonds is 5. The minimum Gasteiger partial charge on any atom is -0.259 e. The van der Waals surface area contributed by atoms with E-state index in [0.29, 0.717) is 0 Å². The number of nitrogens with one attached hydrogen (secondary N) is 1. The minimum absolute atomic E-state index is 0.744. The third kappa shape index (κ3) is 4.03. The number of nitrogens with zero attached hydrogens (tertiary/aromatic N) is 3. The fraction of sp³-hybridized carbons (Fsp3) is 0.133. The van der Waals surface area contributed by atoms with Crippen LogP contribution in [0.15, 0.2) is 40.9 Å². The molecule has 106 valence electrons. The monoisotopic (exact) mass is 314 g/mol. The fourth-order valence-corrected chi connectivity index (χ4v) is 3.17. The first-order valence-corrected chi connectivity index (χ1v) is 8.35. The van der Waals surface area contributed by atoms with Gasteiger partial charge in [-0.15, -0.1) is 16.4 Å². The molecular formula is C15H14N4S2. The molecule has 0 saturated heterocycles. The van der Waals surface area contributed by atoms with Crippen LogP contribution in [0.2, 0.25) is 0 Å². The molecule has 4 nitrogen and oxygen atoms in total. The molecule has 21 heavy (non-hydrogen) atoms. The van der Waals surface area contributed by atoms with Crippen molar-refractivity contribution in [2.75, 3.05) is 0 Å². The van der Waals surface area contributed by atoms with Crippen molar-refractivity contribution in [3.63, 3.8) is 0 Å². The predicted octanol–water partition coefficient (Wildman–Crippen LogP) is 4.03. The SMILES string of the molecule is Cc1nc(CSc2n[nH]c(/C=C/c3ccccc3)n2)cs1. The highest BCUT2D eigenvalue weighted by molar-refractivity contribution is 7.98. The van der Waals surface area contributed by atoms with Crippen LogP contribution in [0.25, 0.3) is 12.2 Å². The topological polar surface area (TPSA) is 54.5 Å². The molecule has 0 aliphatic heterocycles. The lowest BCUT2D eigenvalue weighted by atomic mass is 10.2. The number of aromatic nitrogens is 4. The van der Waals surface area contributed by atoms with Crippen molar-refractivity contribution < 1.29 is 0 Å². The van der Waals surface area contributed by atoms with Crippen LogP contribution in [0.4, 0.5) is 0 Å². The molecule has 0 unspecified atom stereocenters. The first-order chi connectivity index (χ1) is 10.3. The smallest absolute Gasteiger partial charge is 0.209 e. The summed E-state index contributed by atoms with van der Waals surface area (Å²) in [5, 5.41) is 11.0. The predicted molar refractivity (Wildman–Crippen MR) is 88.2 cm³/mol. The maximum Gasteiger partial charge on any atom is 0.209 e. The van der Waals surface area contributed by atoms with E-state index in [4.69, 9.17) is 0 Å². The van der Waals surface area contributed by atoms with Crippen LogP contribution in [0, 0.1) is 6.92 Å². The van der Waals surface area contributed by atoms with Gasteiger partial charge in [-0.25, -0.2) is 9.97 Å². The van der Waals surface area contributed by atoms with Crippen LogP contribution in [-0.2, 0) is 5.75 Å². The van der Waals surface area contributed by atoms with Crippen molar-refractivity contribution in [3.8, 4) is 0 Å². The maximum absolute atomic E-state index is 4.43. The zero-order valence-corrected chi connectivity index (χ0v) is 13.1. The number of thiazole rings is 1. The summed E-state index contributed by atoms with van der Waals surface area (Å²) in [6.45, 7) is 2.01. The quantitative estimate of drug-likeness (QED) is 0.722. The number of benzene rings is 1. The van der Waals surface area contributed by atoms with Crippen LogP contribution in [0.1, 0.15) is 22.1 Å². The Labute approximate surface area is 131 Å². The van der Waals surface area contributed by atoms with Gasteiger partial charge in [-0.3, -0.25) is 5.10 Å². The summed E-state index contributed by atoms with van der Waals surface area (Å²) < 4.78 is 0. The van der Waals surface area contributed by atoms with Crippen LogP contribution < -0.4 is 0 Å². The van der Waals surface area contributed by atoms with E-state index in [1.807, 2.05) is 49.4 Å². The van der Waals surface area contributed by atoms with Crippen molar-refractivity contribution in [2.45, 2.75) is 17.8 Å². The molecule has 0 amide bonds. The number of hydrogen-bond acceptors (Lipinski definition) is 5. The molecule has 2 heterocycles. The van der Waals surface area contributed by atoms with E-state index in [2.05, 4.69) is 25.5 Å². The lowest BCUT2D eigenvalue weighted by molar-refractivity contribution is 0.971. The van der Waals surface area contributed by atoms with Crippen LogP contribution >= 0.6 is 23.1 Å². The zero-order chi connectivity index (χ0) is 14.5. The number of hydrogen-bond donors (Lipinski definition) is 1. The lowest BCUT2D eigenvalue weighted by Crippen LogP contribution is -1.82. The van der Waals surface area contributed by atoms with E-state index < -0.39 is 0 Å². The van der Waals surface area contributed by atoms with Gasteiger partial charge in [0.05, 0.1) is 10.7 Å². The largest absolute Gasteiger partial charge is 0.259 e. The Hall–Kier alpha value is -1.92. The van der Waals surface area contributed by atoms with Crippen LogP contribution in [0.5, 0.6) is 0 Å². The molecule has 3 rings (SSSR count). The molecule has 0 aliphatic rings. The summed E-state index contributed by atoms with van der Waals surface area (Å²) in [5.41, 5.74) is 2.22. The van der Waals surface area contributed by atoms with Crippen LogP contribution in [0.3, 0.4) is 0 Å². The maximum atomic E-state index is 4.43. The molecule has 0 fully saturated rings. The van der Waals surface area contributed by atoms with E-state index in [1.54, 1.807) is 23.1 Å². The highest BCUT2D eigenvalue weighted by atomic mass is 32.2. The van der Waals surface area contributed by atoms with Gasteiger partial charge >= 0.3 is 0 Å². The third-order valence-electron chi connectivity index (χ3n) is 2.73. The average Bonchev–Trinajstić information content (AvgIpc) is 3.13. The Morgan fingerprint density at radius 2 is 2.05 bits per heavy atom. The normalized spacial score (nSPS) is 11.3. The van der Waals surface area contributed by atoms with Crippen LogP contribution in [-0.4, -0.2) is 20.2 Å². The highest BCUT2D eigenvalue weighted by Gasteiger charge is 2.04.